The molecule has 1 fully saturated rings. The molecule has 1 saturated heterocycles. The van der Waals surface area contributed by atoms with Crippen LogP contribution in [0.3, 0.4) is 0 Å². The zero-order chi connectivity index (χ0) is 19.9. The zero-order valence-electron chi connectivity index (χ0n) is 15.6. The van der Waals surface area contributed by atoms with Gasteiger partial charge in [-0.3, -0.25) is 14.3 Å². The Morgan fingerprint density at radius 1 is 1.46 bits per heavy atom. The van der Waals surface area contributed by atoms with Gasteiger partial charge in [-0.05, 0) is 18.1 Å². The minimum absolute atomic E-state index is 0.0441. The normalized spacial score (nSPS) is 27.1. The van der Waals surface area contributed by atoms with Crippen LogP contribution in [-0.2, 0) is 9.16 Å². The first-order valence-electron chi connectivity index (χ1n) is 8.40. The third-order valence-corrected chi connectivity index (χ3v) is 9.71. The number of ether oxygens (including phenoxy) is 1. The Morgan fingerprint density at radius 2 is 2.08 bits per heavy atom. The summed E-state index contributed by atoms with van der Waals surface area (Å²) in [5.41, 5.74) is -3.51. The van der Waals surface area contributed by atoms with E-state index >= 15 is 0 Å². The fourth-order valence-corrected chi connectivity index (χ4v) is 3.54. The van der Waals surface area contributed by atoms with E-state index in [-0.39, 0.29) is 18.1 Å². The molecule has 0 amide bonds. The second-order valence-corrected chi connectivity index (χ2v) is 13.1. The van der Waals surface area contributed by atoms with Crippen molar-refractivity contribution in [2.45, 2.75) is 63.3 Å². The van der Waals surface area contributed by atoms with Crippen molar-refractivity contribution in [1.82, 2.24) is 9.55 Å². The highest BCUT2D eigenvalue weighted by Crippen LogP contribution is 2.41. The van der Waals surface area contributed by atoms with E-state index in [0.29, 0.717) is 10.8 Å². The number of halogens is 2. The predicted molar refractivity (Wildman–Crippen MR) is 93.9 cm³/mol. The van der Waals surface area contributed by atoms with Crippen molar-refractivity contribution in [1.29, 1.82) is 0 Å². The Kier molecular flexibility index (Phi) is 5.63. The molecule has 0 unspecified atom stereocenters. The van der Waals surface area contributed by atoms with Crippen molar-refractivity contribution >= 4 is 8.32 Å². The van der Waals surface area contributed by atoms with Crippen molar-refractivity contribution in [3.63, 3.8) is 0 Å². The van der Waals surface area contributed by atoms with Gasteiger partial charge < -0.3 is 14.3 Å². The highest BCUT2D eigenvalue weighted by molar-refractivity contribution is 6.74. The quantitative estimate of drug-likeness (QED) is 0.744. The van der Waals surface area contributed by atoms with E-state index in [1.165, 1.54) is 0 Å². The molecular formula is C16H26F2N2O5Si. The van der Waals surface area contributed by atoms with Crippen LogP contribution in [0.2, 0.25) is 18.1 Å². The highest BCUT2D eigenvalue weighted by atomic mass is 28.4. The maximum absolute atomic E-state index is 14.6. The summed E-state index contributed by atoms with van der Waals surface area (Å²) in [6, 6.07) is 0. The van der Waals surface area contributed by atoms with E-state index in [9.17, 15) is 23.5 Å². The lowest BCUT2D eigenvalue weighted by Gasteiger charge is -2.39. The Hall–Kier alpha value is -1.36. The fourth-order valence-electron chi connectivity index (χ4n) is 2.48. The summed E-state index contributed by atoms with van der Waals surface area (Å²) in [7, 11) is -2.18. The van der Waals surface area contributed by atoms with Gasteiger partial charge in [-0.1, -0.05) is 20.8 Å². The average molecular weight is 392 g/mol. The highest BCUT2D eigenvalue weighted by Gasteiger charge is 2.50. The number of alkyl halides is 1. The van der Waals surface area contributed by atoms with E-state index in [4.69, 9.17) is 9.16 Å². The van der Waals surface area contributed by atoms with Gasteiger partial charge in [0.1, 0.15) is 11.8 Å². The maximum atomic E-state index is 14.6. The van der Waals surface area contributed by atoms with E-state index in [1.807, 2.05) is 33.9 Å². The van der Waals surface area contributed by atoms with Crippen LogP contribution in [0.15, 0.2) is 15.8 Å². The molecule has 0 aromatic carbocycles. The summed E-state index contributed by atoms with van der Waals surface area (Å²) < 4.78 is 40.4. The number of nitrogens with zero attached hydrogens (tertiary/aromatic N) is 1. The van der Waals surface area contributed by atoms with Gasteiger partial charge in [-0.2, -0.15) is 4.39 Å². The molecule has 0 saturated carbocycles. The summed E-state index contributed by atoms with van der Waals surface area (Å²) in [5.74, 6) is -1.22. The second kappa shape index (κ2) is 6.99. The number of aromatic nitrogens is 2. The molecule has 1 aliphatic heterocycles. The molecule has 2 rings (SSSR count). The Morgan fingerprint density at radius 3 is 2.62 bits per heavy atom. The number of nitrogens with one attached hydrogen (secondary N) is 1. The zero-order valence-corrected chi connectivity index (χ0v) is 16.6. The lowest BCUT2D eigenvalue weighted by atomic mass is 10.0. The summed E-state index contributed by atoms with van der Waals surface area (Å²) in [6.07, 6.45) is -2.73. The van der Waals surface area contributed by atoms with E-state index in [1.54, 1.807) is 4.98 Å². The lowest BCUT2D eigenvalue weighted by Crippen LogP contribution is -2.48. The van der Waals surface area contributed by atoms with Gasteiger partial charge in [-0.15, -0.1) is 0 Å². The molecule has 10 heteroatoms. The number of aromatic amines is 1. The van der Waals surface area contributed by atoms with Gasteiger partial charge in [0, 0.05) is 6.42 Å². The summed E-state index contributed by atoms with van der Waals surface area (Å²) in [5, 5.41) is 9.70. The molecule has 1 aromatic rings. The monoisotopic (exact) mass is 392 g/mol. The van der Waals surface area contributed by atoms with Crippen LogP contribution in [0.1, 0.15) is 33.4 Å². The van der Waals surface area contributed by atoms with E-state index in [2.05, 4.69) is 0 Å². The molecule has 1 aromatic heterocycles. The Bertz CT molecular complexity index is 773. The van der Waals surface area contributed by atoms with Crippen molar-refractivity contribution in [3.05, 3.63) is 32.9 Å². The van der Waals surface area contributed by atoms with Gasteiger partial charge in [-0.25, -0.2) is 9.18 Å². The third-order valence-electron chi connectivity index (χ3n) is 5.24. The van der Waals surface area contributed by atoms with Gasteiger partial charge in [0.15, 0.2) is 14.5 Å². The Balaban J connectivity index is 2.25. The van der Waals surface area contributed by atoms with Crippen LogP contribution in [0, 0.1) is 5.82 Å². The summed E-state index contributed by atoms with van der Waals surface area (Å²) in [6.45, 7) is 9.60. The van der Waals surface area contributed by atoms with Gasteiger partial charge >= 0.3 is 5.69 Å². The maximum Gasteiger partial charge on any atom is 0.330 e. The van der Waals surface area contributed by atoms with Crippen LogP contribution in [0.5, 0.6) is 0 Å². The van der Waals surface area contributed by atoms with E-state index in [0.717, 1.165) is 0 Å². The van der Waals surface area contributed by atoms with Crippen molar-refractivity contribution in [2.24, 2.45) is 0 Å². The number of aliphatic hydroxyl groups is 1. The third kappa shape index (κ3) is 3.97. The largest absolute Gasteiger partial charge is 0.414 e. The van der Waals surface area contributed by atoms with Crippen molar-refractivity contribution in [2.75, 3.05) is 13.2 Å². The number of hydrogen-bond acceptors (Lipinski definition) is 5. The molecule has 0 bridgehead atoms. The second-order valence-electron chi connectivity index (χ2n) is 8.26. The van der Waals surface area contributed by atoms with Crippen molar-refractivity contribution in [3.8, 4) is 0 Å². The molecule has 0 spiro atoms. The van der Waals surface area contributed by atoms with Crippen LogP contribution in [0.4, 0.5) is 8.78 Å². The number of H-pyrrole nitrogens is 1. The number of aliphatic hydroxyl groups excluding tert-OH is 1. The molecule has 2 N–H and O–H groups in total. The van der Waals surface area contributed by atoms with Crippen LogP contribution >= 0.6 is 0 Å². The first-order chi connectivity index (χ1) is 11.8. The minimum Gasteiger partial charge on any atom is -0.414 e. The first-order valence-corrected chi connectivity index (χ1v) is 11.3. The van der Waals surface area contributed by atoms with Gasteiger partial charge in [0.25, 0.3) is 5.56 Å². The molecule has 148 valence electrons. The molecular weight excluding hydrogens is 366 g/mol. The van der Waals surface area contributed by atoms with Crippen LogP contribution < -0.4 is 11.2 Å². The lowest BCUT2D eigenvalue weighted by molar-refractivity contribution is -0.124. The first kappa shape index (κ1) is 20.9. The standard InChI is InChI=1S/C16H26F2N2O5Si/c1-15(2,3)26(4,5)24-9-16(8-21)6-10(17)13(25-16)20-7-11(18)12(22)19-14(20)23/h7,10,13,21H,6,8-9H2,1-5H3,(H,19,22,23)/t10-,13+,16+/m0/s1. The van der Waals surface area contributed by atoms with Crippen LogP contribution in [-0.4, -0.2) is 48.0 Å². The SMILES string of the molecule is CC(C)(C)[Si](C)(C)OC[C@]1(CO)C[C@H](F)[C@H](n2cc(F)c(=O)[nH]c2=O)O1. The minimum atomic E-state index is -2.18. The van der Waals surface area contributed by atoms with Gasteiger partial charge in [0.05, 0.1) is 19.4 Å². The molecule has 3 atom stereocenters. The van der Waals surface area contributed by atoms with Gasteiger partial charge in [0.2, 0.25) is 5.82 Å². The van der Waals surface area contributed by atoms with Crippen LogP contribution in [0.25, 0.3) is 0 Å². The summed E-state index contributed by atoms with van der Waals surface area (Å²) >= 11 is 0. The topological polar surface area (TPSA) is 93.5 Å². The smallest absolute Gasteiger partial charge is 0.330 e. The fraction of sp³-hybridized carbons (Fsp3) is 0.750. The van der Waals surface area contributed by atoms with E-state index < -0.39 is 50.0 Å². The number of rotatable bonds is 5. The predicted octanol–water partition coefficient (Wildman–Crippen LogP) is 1.69. The molecule has 7 nitrogen and oxygen atoms in total. The Labute approximate surface area is 151 Å². The number of hydrogen-bond donors (Lipinski definition) is 2. The molecule has 2 heterocycles. The average Bonchev–Trinajstić information content (AvgIpc) is 2.85. The molecule has 26 heavy (non-hydrogen) atoms. The van der Waals surface area contributed by atoms with Crippen molar-refractivity contribution < 1.29 is 23.1 Å². The molecule has 1 aliphatic rings. The summed E-state index contributed by atoms with van der Waals surface area (Å²) in [4.78, 5) is 24.8. The molecule has 0 radical (unpaired) electrons. The molecule has 0 aliphatic carbocycles.